The van der Waals surface area contributed by atoms with Gasteiger partial charge in [-0.3, -0.25) is 4.79 Å². The van der Waals surface area contributed by atoms with Gasteiger partial charge in [0.15, 0.2) is 18.1 Å². The smallest absolute Gasteiger partial charge is 0.262 e. The number of aryl methyl sites for hydroxylation is 2. The molecule has 5 nitrogen and oxygen atoms in total. The molecular formula is C25H27BrN2O3. The lowest BCUT2D eigenvalue weighted by Gasteiger charge is -2.16. The van der Waals surface area contributed by atoms with Crippen LogP contribution in [0.25, 0.3) is 0 Å². The molecule has 0 saturated heterocycles. The van der Waals surface area contributed by atoms with E-state index in [1.54, 1.807) is 0 Å². The quantitative estimate of drug-likeness (QED) is 0.387. The predicted octanol–water partition coefficient (Wildman–Crippen LogP) is 6.09. The number of anilines is 2. The lowest BCUT2D eigenvalue weighted by molar-refractivity contribution is -0.118. The van der Waals surface area contributed by atoms with Gasteiger partial charge in [-0.25, -0.2) is 0 Å². The fraction of sp³-hybridized carbons (Fsp3) is 0.240. The predicted molar refractivity (Wildman–Crippen MR) is 129 cm³/mol. The van der Waals surface area contributed by atoms with Crippen LogP contribution in [0.5, 0.6) is 11.5 Å². The second-order valence-electron chi connectivity index (χ2n) is 7.27. The van der Waals surface area contributed by atoms with Gasteiger partial charge in [0.1, 0.15) is 0 Å². The molecular weight excluding hydrogens is 456 g/mol. The summed E-state index contributed by atoms with van der Waals surface area (Å²) >= 11 is 3.57. The molecule has 0 fully saturated rings. The standard InChI is InChI=1S/C25H27BrN2O3/c1-4-30-23-14-19(15-27-20-9-5-7-17(2)11-20)13-22(26)25(23)31-16-24(29)28-21-10-6-8-18(3)12-21/h5-14,27H,4,15-16H2,1-3H3,(H,28,29). The van der Waals surface area contributed by atoms with Crippen molar-refractivity contribution in [1.29, 1.82) is 0 Å². The Hall–Kier alpha value is -2.99. The molecule has 3 aromatic carbocycles. The first kappa shape index (κ1) is 22.7. The van der Waals surface area contributed by atoms with Gasteiger partial charge in [-0.1, -0.05) is 24.3 Å². The summed E-state index contributed by atoms with van der Waals surface area (Å²) in [7, 11) is 0. The minimum atomic E-state index is -0.231. The zero-order valence-corrected chi connectivity index (χ0v) is 19.6. The van der Waals surface area contributed by atoms with E-state index in [4.69, 9.17) is 9.47 Å². The van der Waals surface area contributed by atoms with Crippen molar-refractivity contribution >= 4 is 33.2 Å². The molecule has 0 aromatic heterocycles. The van der Waals surface area contributed by atoms with Gasteiger partial charge in [0.2, 0.25) is 0 Å². The first-order valence-electron chi connectivity index (χ1n) is 10.2. The molecule has 0 radical (unpaired) electrons. The van der Waals surface area contributed by atoms with Crippen LogP contribution in [-0.4, -0.2) is 19.1 Å². The number of ether oxygens (including phenoxy) is 2. The minimum Gasteiger partial charge on any atom is -0.490 e. The van der Waals surface area contributed by atoms with E-state index in [9.17, 15) is 4.79 Å². The molecule has 31 heavy (non-hydrogen) atoms. The topological polar surface area (TPSA) is 59.6 Å². The number of rotatable bonds is 9. The number of hydrogen-bond acceptors (Lipinski definition) is 4. The maximum Gasteiger partial charge on any atom is 0.262 e. The summed E-state index contributed by atoms with van der Waals surface area (Å²) in [4.78, 5) is 12.3. The molecule has 162 valence electrons. The second-order valence-corrected chi connectivity index (χ2v) is 8.12. The summed E-state index contributed by atoms with van der Waals surface area (Å²) in [6, 6.07) is 19.8. The molecule has 0 aliphatic carbocycles. The molecule has 0 bridgehead atoms. The Balaban J connectivity index is 1.67. The van der Waals surface area contributed by atoms with Crippen LogP contribution in [0.2, 0.25) is 0 Å². The zero-order valence-electron chi connectivity index (χ0n) is 18.0. The average Bonchev–Trinajstić information content (AvgIpc) is 2.72. The summed E-state index contributed by atoms with van der Waals surface area (Å²) in [5, 5.41) is 6.27. The number of nitrogens with one attached hydrogen (secondary N) is 2. The van der Waals surface area contributed by atoms with Crippen molar-refractivity contribution < 1.29 is 14.3 Å². The van der Waals surface area contributed by atoms with Gasteiger partial charge < -0.3 is 20.1 Å². The first-order valence-corrected chi connectivity index (χ1v) is 11.0. The Morgan fingerprint density at radius 3 is 2.29 bits per heavy atom. The lowest BCUT2D eigenvalue weighted by Crippen LogP contribution is -2.20. The van der Waals surface area contributed by atoms with Crippen LogP contribution < -0.4 is 20.1 Å². The Bertz CT molecular complexity index is 1050. The molecule has 0 heterocycles. The van der Waals surface area contributed by atoms with Crippen molar-refractivity contribution in [2.24, 2.45) is 0 Å². The molecule has 3 rings (SSSR count). The van der Waals surface area contributed by atoms with Gasteiger partial charge in [0.05, 0.1) is 11.1 Å². The fourth-order valence-electron chi connectivity index (χ4n) is 3.14. The Morgan fingerprint density at radius 2 is 1.61 bits per heavy atom. The highest BCUT2D eigenvalue weighted by atomic mass is 79.9. The van der Waals surface area contributed by atoms with E-state index in [0.29, 0.717) is 24.7 Å². The van der Waals surface area contributed by atoms with Crippen LogP contribution >= 0.6 is 15.9 Å². The molecule has 3 aromatic rings. The van der Waals surface area contributed by atoms with Gasteiger partial charge in [0, 0.05) is 17.9 Å². The number of benzene rings is 3. The van der Waals surface area contributed by atoms with Gasteiger partial charge in [-0.05, 0) is 89.8 Å². The van der Waals surface area contributed by atoms with E-state index in [0.717, 1.165) is 27.0 Å². The highest BCUT2D eigenvalue weighted by Crippen LogP contribution is 2.37. The summed E-state index contributed by atoms with van der Waals surface area (Å²) in [5.74, 6) is 0.881. The van der Waals surface area contributed by atoms with Crippen molar-refractivity contribution in [3.05, 3.63) is 81.8 Å². The first-order chi connectivity index (χ1) is 14.9. The van der Waals surface area contributed by atoms with E-state index >= 15 is 0 Å². The van der Waals surface area contributed by atoms with E-state index in [-0.39, 0.29) is 12.5 Å². The van der Waals surface area contributed by atoms with Gasteiger partial charge >= 0.3 is 0 Å². The van der Waals surface area contributed by atoms with E-state index in [1.807, 2.05) is 62.4 Å². The largest absolute Gasteiger partial charge is 0.490 e. The number of hydrogen-bond donors (Lipinski definition) is 2. The van der Waals surface area contributed by atoms with Crippen molar-refractivity contribution in [3.63, 3.8) is 0 Å². The summed E-state index contributed by atoms with van der Waals surface area (Å²) in [6.45, 7) is 6.97. The SMILES string of the molecule is CCOc1cc(CNc2cccc(C)c2)cc(Br)c1OCC(=O)Nc1cccc(C)c1. The molecule has 1 amide bonds. The molecule has 6 heteroatoms. The normalized spacial score (nSPS) is 10.5. The number of carbonyl (C=O) groups is 1. The van der Waals surface area contributed by atoms with E-state index in [2.05, 4.69) is 45.6 Å². The third-order valence-electron chi connectivity index (χ3n) is 4.53. The van der Waals surface area contributed by atoms with E-state index in [1.165, 1.54) is 5.56 Å². The lowest BCUT2D eigenvalue weighted by atomic mass is 10.1. The molecule has 0 spiro atoms. The van der Waals surface area contributed by atoms with Crippen LogP contribution in [0.3, 0.4) is 0 Å². The fourth-order valence-corrected chi connectivity index (χ4v) is 3.75. The summed E-state index contributed by atoms with van der Waals surface area (Å²) in [5.41, 5.74) is 5.12. The molecule has 0 saturated carbocycles. The van der Waals surface area contributed by atoms with Crippen molar-refractivity contribution in [2.75, 3.05) is 23.8 Å². The van der Waals surface area contributed by atoms with Crippen LogP contribution in [0.4, 0.5) is 11.4 Å². The van der Waals surface area contributed by atoms with Gasteiger partial charge in [-0.15, -0.1) is 0 Å². The summed E-state index contributed by atoms with van der Waals surface area (Å²) < 4.78 is 12.3. The Labute approximate surface area is 191 Å². The minimum absolute atomic E-state index is 0.118. The van der Waals surface area contributed by atoms with Gasteiger partial charge in [0.25, 0.3) is 5.91 Å². The van der Waals surface area contributed by atoms with Crippen molar-refractivity contribution in [2.45, 2.75) is 27.3 Å². The van der Waals surface area contributed by atoms with Crippen molar-refractivity contribution in [3.8, 4) is 11.5 Å². The van der Waals surface area contributed by atoms with Crippen LogP contribution in [0.15, 0.2) is 65.1 Å². The maximum atomic E-state index is 12.3. The third-order valence-corrected chi connectivity index (χ3v) is 5.12. The molecule has 0 aliphatic rings. The second kappa shape index (κ2) is 10.9. The Morgan fingerprint density at radius 1 is 0.935 bits per heavy atom. The van der Waals surface area contributed by atoms with Crippen LogP contribution in [0.1, 0.15) is 23.6 Å². The van der Waals surface area contributed by atoms with Crippen LogP contribution in [-0.2, 0) is 11.3 Å². The zero-order chi connectivity index (χ0) is 22.2. The average molecular weight is 483 g/mol. The van der Waals surface area contributed by atoms with Gasteiger partial charge in [-0.2, -0.15) is 0 Å². The van der Waals surface area contributed by atoms with Crippen molar-refractivity contribution in [1.82, 2.24) is 0 Å². The number of halogens is 1. The Kier molecular flexibility index (Phi) is 7.95. The molecule has 2 N–H and O–H groups in total. The number of amides is 1. The molecule has 0 aliphatic heterocycles. The highest BCUT2D eigenvalue weighted by molar-refractivity contribution is 9.10. The highest BCUT2D eigenvalue weighted by Gasteiger charge is 2.14. The molecule has 0 atom stereocenters. The summed E-state index contributed by atoms with van der Waals surface area (Å²) in [6.07, 6.45) is 0. The third kappa shape index (κ3) is 6.76. The molecule has 0 unspecified atom stereocenters. The maximum absolute atomic E-state index is 12.3. The monoisotopic (exact) mass is 482 g/mol. The number of carbonyl (C=O) groups excluding carboxylic acids is 1. The van der Waals surface area contributed by atoms with E-state index < -0.39 is 0 Å². The van der Waals surface area contributed by atoms with Crippen LogP contribution in [0, 0.1) is 13.8 Å².